The highest BCUT2D eigenvalue weighted by atomic mass is 79.9. The van der Waals surface area contributed by atoms with E-state index in [4.69, 9.17) is 16.3 Å². The predicted molar refractivity (Wildman–Crippen MR) is 73.7 cm³/mol. The van der Waals surface area contributed by atoms with Gasteiger partial charge >= 0.3 is 0 Å². The molecular weight excluding hydrogens is 320 g/mol. The number of benzene rings is 1. The number of halogens is 2. The maximum absolute atomic E-state index is 11.8. The molecule has 0 spiro atoms. The van der Waals surface area contributed by atoms with Gasteiger partial charge in [0.2, 0.25) is 5.91 Å². The van der Waals surface area contributed by atoms with Gasteiger partial charge in [-0.3, -0.25) is 4.79 Å². The van der Waals surface area contributed by atoms with Crippen molar-refractivity contribution in [3.63, 3.8) is 0 Å². The van der Waals surface area contributed by atoms with E-state index in [1.807, 2.05) is 18.2 Å². The molecule has 1 aromatic carbocycles. The number of carbonyl (C=O) groups is 1. The fraction of sp³-hybridized carbons (Fsp3) is 0.417. The molecule has 1 heterocycles. The normalized spacial score (nSPS) is 23.8. The smallest absolute Gasteiger partial charge is 0.240 e. The second kappa shape index (κ2) is 6.02. The van der Waals surface area contributed by atoms with Crippen LogP contribution in [-0.4, -0.2) is 32.2 Å². The first-order valence-corrected chi connectivity index (χ1v) is 6.76. The van der Waals surface area contributed by atoms with Gasteiger partial charge in [0.05, 0.1) is 12.6 Å². The largest absolute Gasteiger partial charge is 0.383 e. The molecule has 4 nitrogen and oxygen atoms in total. The van der Waals surface area contributed by atoms with Crippen LogP contribution >= 0.6 is 27.5 Å². The molecule has 0 aromatic heterocycles. The van der Waals surface area contributed by atoms with Crippen LogP contribution in [0.2, 0.25) is 5.02 Å². The van der Waals surface area contributed by atoms with Gasteiger partial charge in [0, 0.05) is 23.1 Å². The standard InChI is InChI=1S/C12H14BrClN2O2/c1-18-6-11-12(17)16-10(5-15-11)7-2-8(13)4-9(14)3-7/h2-4,10-11,15H,5-6H2,1H3,(H,16,17)/t10-,11-/m0/s1. The minimum absolute atomic E-state index is 0.0517. The van der Waals surface area contributed by atoms with Crippen LogP contribution in [0.15, 0.2) is 22.7 Å². The molecule has 1 saturated heterocycles. The van der Waals surface area contributed by atoms with Crippen molar-refractivity contribution in [2.24, 2.45) is 0 Å². The molecular formula is C12H14BrClN2O2. The van der Waals surface area contributed by atoms with Gasteiger partial charge in [-0.15, -0.1) is 0 Å². The highest BCUT2D eigenvalue weighted by Crippen LogP contribution is 2.24. The van der Waals surface area contributed by atoms with E-state index in [0.717, 1.165) is 10.0 Å². The zero-order chi connectivity index (χ0) is 13.1. The Bertz CT molecular complexity index is 435. The lowest BCUT2D eigenvalue weighted by Gasteiger charge is -2.30. The van der Waals surface area contributed by atoms with Crippen LogP contribution < -0.4 is 10.6 Å². The van der Waals surface area contributed by atoms with E-state index in [-0.39, 0.29) is 18.0 Å². The molecule has 2 rings (SSSR count). The molecule has 0 unspecified atom stereocenters. The maximum Gasteiger partial charge on any atom is 0.240 e. The minimum atomic E-state index is -0.283. The quantitative estimate of drug-likeness (QED) is 0.888. The van der Waals surface area contributed by atoms with Crippen LogP contribution in [0.3, 0.4) is 0 Å². The Balaban J connectivity index is 2.10. The Morgan fingerprint density at radius 1 is 1.50 bits per heavy atom. The third kappa shape index (κ3) is 3.23. The average molecular weight is 334 g/mol. The van der Waals surface area contributed by atoms with Crippen molar-refractivity contribution in [2.75, 3.05) is 20.3 Å². The summed E-state index contributed by atoms with van der Waals surface area (Å²) in [7, 11) is 1.58. The second-order valence-electron chi connectivity index (χ2n) is 4.18. The van der Waals surface area contributed by atoms with Gasteiger partial charge in [0.25, 0.3) is 0 Å². The van der Waals surface area contributed by atoms with Crippen molar-refractivity contribution in [1.29, 1.82) is 0 Å². The lowest BCUT2D eigenvalue weighted by Crippen LogP contribution is -2.56. The molecule has 1 aliphatic heterocycles. The molecule has 1 aliphatic rings. The van der Waals surface area contributed by atoms with E-state index in [2.05, 4.69) is 26.6 Å². The summed E-state index contributed by atoms with van der Waals surface area (Å²) in [5, 5.41) is 6.77. The minimum Gasteiger partial charge on any atom is -0.383 e. The van der Waals surface area contributed by atoms with Crippen molar-refractivity contribution < 1.29 is 9.53 Å². The van der Waals surface area contributed by atoms with Crippen LogP contribution in [0.1, 0.15) is 11.6 Å². The van der Waals surface area contributed by atoms with Crippen molar-refractivity contribution >= 4 is 33.4 Å². The number of carbonyl (C=O) groups excluding carboxylic acids is 1. The fourth-order valence-corrected chi connectivity index (χ4v) is 2.84. The molecule has 0 bridgehead atoms. The summed E-state index contributed by atoms with van der Waals surface area (Å²) in [4.78, 5) is 11.8. The zero-order valence-electron chi connectivity index (χ0n) is 9.87. The topological polar surface area (TPSA) is 50.4 Å². The lowest BCUT2D eigenvalue weighted by atomic mass is 10.0. The molecule has 98 valence electrons. The van der Waals surface area contributed by atoms with E-state index < -0.39 is 0 Å². The summed E-state index contributed by atoms with van der Waals surface area (Å²) >= 11 is 9.39. The van der Waals surface area contributed by atoms with Crippen LogP contribution in [0.25, 0.3) is 0 Å². The maximum atomic E-state index is 11.8. The van der Waals surface area contributed by atoms with Gasteiger partial charge < -0.3 is 15.4 Å². The lowest BCUT2D eigenvalue weighted by molar-refractivity contribution is -0.126. The molecule has 0 saturated carbocycles. The Morgan fingerprint density at radius 2 is 2.28 bits per heavy atom. The van der Waals surface area contributed by atoms with Crippen LogP contribution in [0, 0.1) is 0 Å². The van der Waals surface area contributed by atoms with E-state index in [0.29, 0.717) is 18.2 Å². The number of ether oxygens (including phenoxy) is 1. The summed E-state index contributed by atoms with van der Waals surface area (Å²) in [5.41, 5.74) is 0.978. The molecule has 1 amide bonds. The van der Waals surface area contributed by atoms with Crippen LogP contribution in [-0.2, 0) is 9.53 Å². The first-order valence-electron chi connectivity index (χ1n) is 5.59. The van der Waals surface area contributed by atoms with Gasteiger partial charge in [0.1, 0.15) is 6.04 Å². The molecule has 1 aromatic rings. The molecule has 6 heteroatoms. The Hall–Kier alpha value is -0.620. The van der Waals surface area contributed by atoms with Crippen molar-refractivity contribution in [3.05, 3.63) is 33.3 Å². The highest BCUT2D eigenvalue weighted by molar-refractivity contribution is 9.10. The van der Waals surface area contributed by atoms with Gasteiger partial charge in [-0.2, -0.15) is 0 Å². The first kappa shape index (κ1) is 13.8. The van der Waals surface area contributed by atoms with Crippen LogP contribution in [0.4, 0.5) is 0 Å². The fourth-order valence-electron chi connectivity index (χ4n) is 1.95. The van der Waals surface area contributed by atoms with Crippen molar-refractivity contribution in [3.8, 4) is 0 Å². The average Bonchev–Trinajstić information content (AvgIpc) is 2.30. The Labute approximate surface area is 119 Å². The summed E-state index contributed by atoms with van der Waals surface area (Å²) in [6.07, 6.45) is 0. The molecule has 2 N–H and O–H groups in total. The second-order valence-corrected chi connectivity index (χ2v) is 5.53. The van der Waals surface area contributed by atoms with Crippen molar-refractivity contribution in [2.45, 2.75) is 12.1 Å². The van der Waals surface area contributed by atoms with Gasteiger partial charge in [0.15, 0.2) is 0 Å². The van der Waals surface area contributed by atoms with Gasteiger partial charge in [-0.05, 0) is 23.8 Å². The highest BCUT2D eigenvalue weighted by Gasteiger charge is 2.28. The number of rotatable bonds is 3. The molecule has 0 radical (unpaired) electrons. The summed E-state index contributed by atoms with van der Waals surface area (Å²) in [6.45, 7) is 1.03. The molecule has 2 atom stereocenters. The van der Waals surface area contributed by atoms with Crippen LogP contribution in [0.5, 0.6) is 0 Å². The van der Waals surface area contributed by atoms with Crippen molar-refractivity contribution in [1.82, 2.24) is 10.6 Å². The third-order valence-corrected chi connectivity index (χ3v) is 3.50. The van der Waals surface area contributed by atoms with E-state index >= 15 is 0 Å². The van der Waals surface area contributed by atoms with Gasteiger partial charge in [-0.1, -0.05) is 27.5 Å². The zero-order valence-corrected chi connectivity index (χ0v) is 12.2. The number of piperazine rings is 1. The molecule has 1 fully saturated rings. The van der Waals surface area contributed by atoms with Gasteiger partial charge in [-0.25, -0.2) is 0 Å². The van der Waals surface area contributed by atoms with E-state index in [9.17, 15) is 4.79 Å². The first-order chi connectivity index (χ1) is 8.60. The van der Waals surface area contributed by atoms with E-state index in [1.165, 1.54) is 0 Å². The summed E-state index contributed by atoms with van der Waals surface area (Å²) in [6, 6.07) is 5.27. The summed E-state index contributed by atoms with van der Waals surface area (Å²) < 4.78 is 5.88. The Kier molecular flexibility index (Phi) is 4.61. The number of methoxy groups -OCH3 is 1. The Morgan fingerprint density at radius 3 is 2.89 bits per heavy atom. The number of hydrogen-bond donors (Lipinski definition) is 2. The monoisotopic (exact) mass is 332 g/mol. The predicted octanol–water partition coefficient (Wildman–Crippen LogP) is 1.88. The number of nitrogens with one attached hydrogen (secondary N) is 2. The third-order valence-electron chi connectivity index (χ3n) is 2.82. The number of hydrogen-bond acceptors (Lipinski definition) is 3. The number of amides is 1. The summed E-state index contributed by atoms with van der Waals surface area (Å²) in [5.74, 6) is -0.0517. The SMILES string of the molecule is COC[C@@H]1NC[C@@H](c2cc(Cl)cc(Br)c2)NC1=O. The molecule has 0 aliphatic carbocycles. The van der Waals surface area contributed by atoms with E-state index in [1.54, 1.807) is 7.11 Å². The molecule has 18 heavy (non-hydrogen) atoms.